The Hall–Kier alpha value is -1.36. The van der Waals surface area contributed by atoms with Gasteiger partial charge in [0.25, 0.3) is 0 Å². The van der Waals surface area contributed by atoms with Crippen LogP contribution in [0.25, 0.3) is 0 Å². The van der Waals surface area contributed by atoms with Crippen molar-refractivity contribution in [2.75, 3.05) is 22.9 Å². The first-order valence-electron chi connectivity index (χ1n) is 15.7. The van der Waals surface area contributed by atoms with Gasteiger partial charge in [0.15, 0.2) is 0 Å². The molecule has 0 bridgehead atoms. The number of anilines is 2. The first kappa shape index (κ1) is 40.8. The zero-order valence-corrected chi connectivity index (χ0v) is 33.7. The quantitative estimate of drug-likeness (QED) is 0.160. The molecule has 0 N–H and O–H groups in total. The van der Waals surface area contributed by atoms with Gasteiger partial charge in [-0.1, -0.05) is 35.4 Å². The van der Waals surface area contributed by atoms with Crippen LogP contribution in [-0.4, -0.2) is 36.0 Å². The molecule has 0 aromatic heterocycles. The molecule has 0 atom stereocenters. The van der Waals surface area contributed by atoms with Crippen LogP contribution in [0.2, 0.25) is 0 Å². The van der Waals surface area contributed by atoms with Crippen LogP contribution in [0.3, 0.4) is 0 Å². The summed E-state index contributed by atoms with van der Waals surface area (Å²) >= 11 is -1.61. The van der Waals surface area contributed by atoms with E-state index < -0.39 is 22.1 Å². The van der Waals surface area contributed by atoms with E-state index in [-0.39, 0.29) is 18.3 Å². The molecule has 3 aromatic rings. The fourth-order valence-electron chi connectivity index (χ4n) is 5.17. The molecule has 1 fully saturated rings. The SMILES string of the molecule is CC(C)OP(OC(C)C)OC(C)C.Cc1cc(C)c(N2[C]N(c3c(C)cc(C)cc3C)CC2)c(C)c1.[Cl][Ru]([Cl])=[CH]c1ccccc1. The van der Waals surface area contributed by atoms with Crippen LogP contribution in [-0.2, 0) is 27.1 Å². The van der Waals surface area contributed by atoms with Gasteiger partial charge in [-0.05, 0) is 105 Å². The number of hydrogen-bond acceptors (Lipinski definition) is 5. The van der Waals surface area contributed by atoms with E-state index in [0.717, 1.165) is 18.7 Å². The van der Waals surface area contributed by atoms with Crippen LogP contribution in [0.5, 0.6) is 0 Å². The van der Waals surface area contributed by atoms with Crippen molar-refractivity contribution in [3.63, 3.8) is 0 Å². The number of hydrogen-bond donors (Lipinski definition) is 0. The molecule has 3 aromatic carbocycles. The van der Waals surface area contributed by atoms with Gasteiger partial charge in [-0.15, -0.1) is 0 Å². The molecule has 5 nitrogen and oxygen atoms in total. The summed E-state index contributed by atoms with van der Waals surface area (Å²) in [5, 5.41) is 0. The number of aryl methyl sites for hydroxylation is 6. The van der Waals surface area contributed by atoms with Gasteiger partial charge in [0, 0.05) is 24.5 Å². The van der Waals surface area contributed by atoms with Crippen molar-refractivity contribution in [2.24, 2.45) is 0 Å². The van der Waals surface area contributed by atoms with E-state index in [0.29, 0.717) is 0 Å². The molecule has 1 heterocycles. The second-order valence-electron chi connectivity index (χ2n) is 12.3. The zero-order valence-electron chi connectivity index (χ0n) is 29.6. The summed E-state index contributed by atoms with van der Waals surface area (Å²) in [6.45, 7) is 30.5. The van der Waals surface area contributed by atoms with E-state index in [1.54, 1.807) is 0 Å². The first-order valence-corrected chi connectivity index (χ1v) is 22.3. The van der Waals surface area contributed by atoms with Crippen molar-refractivity contribution in [1.29, 1.82) is 0 Å². The van der Waals surface area contributed by atoms with Crippen LogP contribution >= 0.6 is 28.0 Å². The Labute approximate surface area is 294 Å². The Bertz CT molecular complexity index is 1270. The predicted molar refractivity (Wildman–Crippen MR) is 198 cm³/mol. The molecule has 46 heavy (non-hydrogen) atoms. The Kier molecular flexibility index (Phi) is 17.9. The van der Waals surface area contributed by atoms with Crippen LogP contribution in [0.4, 0.5) is 11.4 Å². The van der Waals surface area contributed by atoms with E-state index in [9.17, 15) is 0 Å². The van der Waals surface area contributed by atoms with Gasteiger partial charge in [0.1, 0.15) is 0 Å². The Morgan fingerprint density at radius 1 is 0.652 bits per heavy atom. The number of nitrogens with zero attached hydrogens (tertiary/aromatic N) is 2. The first-order chi connectivity index (χ1) is 21.6. The molecule has 1 aliphatic heterocycles. The molecule has 0 spiro atoms. The number of rotatable bonds is 9. The van der Waals surface area contributed by atoms with Crippen molar-refractivity contribution < 1.29 is 27.1 Å². The van der Waals surface area contributed by atoms with Gasteiger partial charge >= 0.3 is 82.0 Å². The molecule has 2 radical (unpaired) electrons. The molecule has 1 aliphatic rings. The van der Waals surface area contributed by atoms with E-state index in [4.69, 9.17) is 33.0 Å². The van der Waals surface area contributed by atoms with Crippen molar-refractivity contribution >= 4 is 44.0 Å². The van der Waals surface area contributed by atoms with Crippen molar-refractivity contribution in [3.8, 4) is 0 Å². The normalized spacial score (nSPS) is 13.2. The van der Waals surface area contributed by atoms with Crippen LogP contribution < -0.4 is 9.80 Å². The number of benzene rings is 3. The third-order valence-electron chi connectivity index (χ3n) is 6.48. The summed E-state index contributed by atoms with van der Waals surface area (Å²) in [6, 6.07) is 18.9. The minimum atomic E-state index is -1.61. The summed E-state index contributed by atoms with van der Waals surface area (Å²) in [5.41, 5.74) is 11.7. The molecule has 0 amide bonds. The van der Waals surface area contributed by atoms with E-state index >= 15 is 0 Å². The fourth-order valence-corrected chi connectivity index (χ4v) is 8.18. The van der Waals surface area contributed by atoms with Gasteiger partial charge in [-0.25, -0.2) is 0 Å². The zero-order chi connectivity index (χ0) is 34.6. The molecule has 0 saturated carbocycles. The molecule has 256 valence electrons. The van der Waals surface area contributed by atoms with E-state index in [1.165, 1.54) is 44.8 Å². The van der Waals surface area contributed by atoms with Crippen LogP contribution in [0.1, 0.15) is 80.5 Å². The topological polar surface area (TPSA) is 34.2 Å². The van der Waals surface area contributed by atoms with Gasteiger partial charge in [-0.2, -0.15) is 0 Å². The van der Waals surface area contributed by atoms with E-state index in [1.807, 2.05) is 76.5 Å². The van der Waals surface area contributed by atoms with Crippen molar-refractivity contribution in [3.05, 3.63) is 100 Å². The van der Waals surface area contributed by atoms with Crippen LogP contribution in [0.15, 0.2) is 54.6 Å². The third kappa shape index (κ3) is 14.4. The average Bonchev–Trinajstić information content (AvgIpc) is 3.36. The summed E-state index contributed by atoms with van der Waals surface area (Å²) < 4.78 is 18.4. The van der Waals surface area contributed by atoms with Gasteiger partial charge in [0.2, 0.25) is 6.67 Å². The molecule has 9 heteroatoms. The number of halogens is 2. The third-order valence-corrected chi connectivity index (χ3v) is 10.1. The van der Waals surface area contributed by atoms with Gasteiger partial charge < -0.3 is 23.4 Å². The Balaban J connectivity index is 0.000000271. The second kappa shape index (κ2) is 20.2. The van der Waals surface area contributed by atoms with Crippen molar-refractivity contribution in [2.45, 2.75) is 101 Å². The predicted octanol–water partition coefficient (Wildman–Crippen LogP) is 11.1. The Morgan fingerprint density at radius 2 is 1.00 bits per heavy atom. The van der Waals surface area contributed by atoms with E-state index in [2.05, 4.69) is 82.3 Å². The fraction of sp³-hybridized carbons (Fsp3) is 0.459. The summed E-state index contributed by atoms with van der Waals surface area (Å²) in [7, 11) is 10.2. The molecular formula is C37H53Cl2N2O3PRu. The maximum absolute atomic E-state index is 5.67. The maximum atomic E-state index is 5.67. The van der Waals surface area contributed by atoms with Gasteiger partial charge in [-0.3, -0.25) is 0 Å². The molecule has 4 rings (SSSR count). The molecule has 0 unspecified atom stereocenters. The average molecular weight is 777 g/mol. The summed E-state index contributed by atoms with van der Waals surface area (Å²) in [5.74, 6) is 0. The second-order valence-corrected chi connectivity index (χ2v) is 19.1. The monoisotopic (exact) mass is 776 g/mol. The van der Waals surface area contributed by atoms with Crippen LogP contribution in [0, 0.1) is 48.2 Å². The summed E-state index contributed by atoms with van der Waals surface area (Å²) in [6.07, 6.45) is 0.427. The molecule has 0 aliphatic carbocycles. The van der Waals surface area contributed by atoms with Crippen molar-refractivity contribution in [1.82, 2.24) is 0 Å². The van der Waals surface area contributed by atoms with Gasteiger partial charge in [0.05, 0.1) is 18.3 Å². The molecular weight excluding hydrogens is 723 g/mol. The summed E-state index contributed by atoms with van der Waals surface area (Å²) in [4.78, 5) is 4.56. The Morgan fingerprint density at radius 3 is 1.30 bits per heavy atom. The molecule has 1 saturated heterocycles. The standard InChI is InChI=1S/C21H26N2.C9H21O3P.C7H6.2ClH.Ru/c1-14-9-16(3)20(17(4)10-14)22-7-8-23(13-22)21-18(5)11-15(2)12-19(21)6;1-7(2)10-13(11-8(3)4)12-9(5)6;1-7-5-3-2-4-6-7;;;/h9-12H,7-8H2,1-6H3;7-9H,1-6H3;1-6H;2*1H;/q;;;;;+2/p-2. The minimum absolute atomic E-state index is 0.142.